The second-order valence-electron chi connectivity index (χ2n) is 12.2. The lowest BCUT2D eigenvalue weighted by Gasteiger charge is -2.37. The number of carbonyl (C=O) groups is 3. The molecule has 0 heterocycles. The van der Waals surface area contributed by atoms with Crippen LogP contribution in [0.3, 0.4) is 0 Å². The van der Waals surface area contributed by atoms with Gasteiger partial charge in [-0.05, 0) is 66.4 Å². The SMILES string of the molecule is CCCCCCN(C(=O)C(NC(=O)OC(C)(C)C)C(C)CC)C(C(=O)NC(C)(C)C)c1ccc(C)cc1. The number of rotatable bonds is 12. The van der Waals surface area contributed by atoms with Crippen LogP contribution in [0.15, 0.2) is 24.3 Å². The maximum absolute atomic E-state index is 14.2. The van der Waals surface area contributed by atoms with Crippen molar-refractivity contribution in [2.45, 2.75) is 125 Å². The Morgan fingerprint density at radius 2 is 1.54 bits per heavy atom. The summed E-state index contributed by atoms with van der Waals surface area (Å²) < 4.78 is 5.48. The topological polar surface area (TPSA) is 87.7 Å². The first-order valence-electron chi connectivity index (χ1n) is 13.8. The van der Waals surface area contributed by atoms with Gasteiger partial charge in [0.25, 0.3) is 0 Å². The lowest BCUT2D eigenvalue weighted by molar-refractivity contribution is -0.144. The Balaban J connectivity index is 3.53. The number of alkyl carbamates (subject to hydrolysis) is 1. The summed E-state index contributed by atoms with van der Waals surface area (Å²) in [5.41, 5.74) is 0.659. The van der Waals surface area contributed by atoms with Crippen molar-refractivity contribution in [3.8, 4) is 0 Å². The molecule has 3 atom stereocenters. The zero-order chi connectivity index (χ0) is 28.4. The van der Waals surface area contributed by atoms with E-state index in [0.29, 0.717) is 13.0 Å². The summed E-state index contributed by atoms with van der Waals surface area (Å²) in [5, 5.41) is 5.90. The maximum atomic E-state index is 14.2. The summed E-state index contributed by atoms with van der Waals surface area (Å²) in [7, 11) is 0. The third kappa shape index (κ3) is 11.6. The molecule has 7 heteroatoms. The molecule has 0 aliphatic heterocycles. The largest absolute Gasteiger partial charge is 0.444 e. The molecule has 0 saturated carbocycles. The molecule has 1 rings (SSSR count). The number of ether oxygens (including phenoxy) is 1. The Morgan fingerprint density at radius 3 is 2.03 bits per heavy atom. The van der Waals surface area contributed by atoms with Crippen LogP contribution in [0.4, 0.5) is 4.79 Å². The van der Waals surface area contributed by atoms with Crippen molar-refractivity contribution in [2.24, 2.45) is 5.92 Å². The van der Waals surface area contributed by atoms with Crippen LogP contribution in [0.25, 0.3) is 0 Å². The third-order valence-corrected chi connectivity index (χ3v) is 6.14. The van der Waals surface area contributed by atoms with Gasteiger partial charge in [0.05, 0.1) is 0 Å². The number of hydrogen-bond donors (Lipinski definition) is 2. The molecule has 0 bridgehead atoms. The molecular weight excluding hydrogens is 466 g/mol. The average Bonchev–Trinajstić information content (AvgIpc) is 2.77. The number of unbranched alkanes of at least 4 members (excludes halogenated alkanes) is 3. The summed E-state index contributed by atoms with van der Waals surface area (Å²) in [6, 6.07) is 6.10. The van der Waals surface area contributed by atoms with Crippen molar-refractivity contribution in [1.29, 1.82) is 0 Å². The first kappa shape index (κ1) is 32.5. The van der Waals surface area contributed by atoms with Crippen molar-refractivity contribution in [2.75, 3.05) is 6.54 Å². The van der Waals surface area contributed by atoms with Crippen LogP contribution in [-0.2, 0) is 14.3 Å². The molecular formula is C30H51N3O4. The Labute approximate surface area is 225 Å². The number of hydrogen-bond acceptors (Lipinski definition) is 4. The predicted molar refractivity (Wildman–Crippen MR) is 150 cm³/mol. The molecule has 7 nitrogen and oxygen atoms in total. The lowest BCUT2D eigenvalue weighted by atomic mass is 9.94. The van der Waals surface area contributed by atoms with E-state index in [9.17, 15) is 14.4 Å². The number of aryl methyl sites for hydroxylation is 1. The van der Waals surface area contributed by atoms with Crippen molar-refractivity contribution in [3.63, 3.8) is 0 Å². The summed E-state index contributed by atoms with van der Waals surface area (Å²) in [4.78, 5) is 42.4. The van der Waals surface area contributed by atoms with Crippen molar-refractivity contribution < 1.29 is 19.1 Å². The van der Waals surface area contributed by atoms with Crippen LogP contribution in [0.2, 0.25) is 0 Å². The summed E-state index contributed by atoms with van der Waals surface area (Å²) in [6.45, 7) is 19.6. The minimum Gasteiger partial charge on any atom is -0.444 e. The van der Waals surface area contributed by atoms with Crippen molar-refractivity contribution in [3.05, 3.63) is 35.4 Å². The molecule has 210 valence electrons. The minimum atomic E-state index is -0.819. The fourth-order valence-electron chi connectivity index (χ4n) is 4.03. The smallest absolute Gasteiger partial charge is 0.408 e. The third-order valence-electron chi connectivity index (χ3n) is 6.14. The highest BCUT2D eigenvalue weighted by Gasteiger charge is 2.38. The second kappa shape index (κ2) is 14.4. The Hall–Kier alpha value is -2.57. The normalized spacial score (nSPS) is 14.3. The van der Waals surface area contributed by atoms with Gasteiger partial charge in [0.2, 0.25) is 11.8 Å². The molecule has 1 aromatic rings. The highest BCUT2D eigenvalue weighted by Crippen LogP contribution is 2.26. The van der Waals surface area contributed by atoms with Gasteiger partial charge in [0.15, 0.2) is 0 Å². The van der Waals surface area contributed by atoms with Gasteiger partial charge in [0, 0.05) is 12.1 Å². The molecule has 0 radical (unpaired) electrons. The molecule has 0 fully saturated rings. The molecule has 1 aromatic carbocycles. The number of nitrogens with one attached hydrogen (secondary N) is 2. The Bertz CT molecular complexity index is 868. The summed E-state index contributed by atoms with van der Waals surface area (Å²) in [6.07, 6.45) is 3.88. The minimum absolute atomic E-state index is 0.150. The van der Waals surface area contributed by atoms with Crippen LogP contribution in [0.5, 0.6) is 0 Å². The van der Waals surface area contributed by atoms with Gasteiger partial charge in [-0.15, -0.1) is 0 Å². The van der Waals surface area contributed by atoms with Gasteiger partial charge >= 0.3 is 6.09 Å². The Kier molecular flexibility index (Phi) is 12.6. The molecule has 0 saturated heterocycles. The molecule has 0 aliphatic rings. The van der Waals surface area contributed by atoms with E-state index < -0.39 is 29.3 Å². The standard InChI is InChI=1S/C30H51N3O4/c1-11-13-14-15-20-33(27(35)24(22(4)12-2)31-28(36)37-30(8,9)10)25(26(34)32-29(5,6)7)23-18-16-21(3)17-19-23/h16-19,22,24-25H,11-15,20H2,1-10H3,(H,31,36)(H,32,34). The van der Waals surface area contributed by atoms with Crippen LogP contribution in [-0.4, -0.2) is 46.5 Å². The molecule has 0 aliphatic carbocycles. The number of carbonyl (C=O) groups excluding carboxylic acids is 3. The van der Waals surface area contributed by atoms with Gasteiger partial charge < -0.3 is 20.3 Å². The lowest BCUT2D eigenvalue weighted by Crippen LogP contribution is -2.56. The van der Waals surface area contributed by atoms with E-state index in [-0.39, 0.29) is 17.7 Å². The van der Waals surface area contributed by atoms with Gasteiger partial charge in [0.1, 0.15) is 17.7 Å². The number of benzene rings is 1. The van der Waals surface area contributed by atoms with Gasteiger partial charge in [-0.3, -0.25) is 9.59 Å². The fraction of sp³-hybridized carbons (Fsp3) is 0.700. The zero-order valence-corrected chi connectivity index (χ0v) is 24.9. The predicted octanol–water partition coefficient (Wildman–Crippen LogP) is 6.30. The fourth-order valence-corrected chi connectivity index (χ4v) is 4.03. The summed E-state index contributed by atoms with van der Waals surface area (Å²) in [5.74, 6) is -0.658. The quantitative estimate of drug-likeness (QED) is 0.319. The molecule has 0 aromatic heterocycles. The second-order valence-corrected chi connectivity index (χ2v) is 12.2. The van der Waals surface area contributed by atoms with E-state index in [1.54, 1.807) is 25.7 Å². The van der Waals surface area contributed by atoms with Crippen molar-refractivity contribution in [1.82, 2.24) is 15.5 Å². The summed E-state index contributed by atoms with van der Waals surface area (Å²) >= 11 is 0. The van der Waals surface area contributed by atoms with E-state index in [0.717, 1.165) is 36.8 Å². The highest BCUT2D eigenvalue weighted by atomic mass is 16.6. The maximum Gasteiger partial charge on any atom is 0.408 e. The Morgan fingerprint density at radius 1 is 0.946 bits per heavy atom. The molecule has 3 unspecified atom stereocenters. The molecule has 37 heavy (non-hydrogen) atoms. The van der Waals surface area contributed by atoms with Crippen LogP contribution >= 0.6 is 0 Å². The number of amides is 3. The van der Waals surface area contributed by atoms with Crippen LogP contribution in [0.1, 0.15) is 112 Å². The van der Waals surface area contributed by atoms with Gasteiger partial charge in [-0.1, -0.05) is 76.3 Å². The monoisotopic (exact) mass is 517 g/mol. The molecule has 0 spiro atoms. The van der Waals surface area contributed by atoms with E-state index in [1.165, 1.54) is 0 Å². The van der Waals surface area contributed by atoms with Crippen LogP contribution < -0.4 is 10.6 Å². The van der Waals surface area contributed by atoms with E-state index >= 15 is 0 Å². The van der Waals surface area contributed by atoms with Gasteiger partial charge in [-0.2, -0.15) is 0 Å². The zero-order valence-electron chi connectivity index (χ0n) is 24.9. The van der Waals surface area contributed by atoms with Crippen LogP contribution in [0, 0.1) is 12.8 Å². The van der Waals surface area contributed by atoms with Crippen molar-refractivity contribution >= 4 is 17.9 Å². The first-order chi connectivity index (χ1) is 17.1. The van der Waals surface area contributed by atoms with Gasteiger partial charge in [-0.25, -0.2) is 4.79 Å². The first-order valence-corrected chi connectivity index (χ1v) is 13.8. The average molecular weight is 518 g/mol. The molecule has 2 N–H and O–H groups in total. The molecule has 3 amide bonds. The van der Waals surface area contributed by atoms with E-state index in [1.807, 2.05) is 65.8 Å². The van der Waals surface area contributed by atoms with E-state index in [4.69, 9.17) is 4.74 Å². The highest BCUT2D eigenvalue weighted by molar-refractivity contribution is 5.92. The van der Waals surface area contributed by atoms with E-state index in [2.05, 4.69) is 17.6 Å². The number of nitrogens with zero attached hydrogens (tertiary/aromatic N) is 1.